The first-order chi connectivity index (χ1) is 9.20. The van der Waals surface area contributed by atoms with Gasteiger partial charge in [-0.15, -0.1) is 0 Å². The third-order valence-electron chi connectivity index (χ3n) is 3.34. The van der Waals surface area contributed by atoms with E-state index in [1.54, 1.807) is 0 Å². The van der Waals surface area contributed by atoms with Crippen molar-refractivity contribution >= 4 is 6.08 Å². The maximum Gasteiger partial charge on any atom is 0.161 e. The first-order valence-electron chi connectivity index (χ1n) is 7.02. The fourth-order valence-corrected chi connectivity index (χ4v) is 2.06. The Morgan fingerprint density at radius 3 is 2.79 bits per heavy atom. The van der Waals surface area contributed by atoms with Gasteiger partial charge in [-0.1, -0.05) is 24.6 Å². The van der Waals surface area contributed by atoms with E-state index in [1.807, 2.05) is 12.1 Å². The molecule has 1 aliphatic rings. The van der Waals surface area contributed by atoms with E-state index in [0.717, 1.165) is 30.0 Å². The summed E-state index contributed by atoms with van der Waals surface area (Å²) in [7, 11) is 0. The molecule has 0 fully saturated rings. The molecule has 1 atom stereocenters. The molecule has 104 valence electrons. The maximum absolute atomic E-state index is 5.60. The Labute approximate surface area is 115 Å². The zero-order valence-corrected chi connectivity index (χ0v) is 12.0. The van der Waals surface area contributed by atoms with Crippen LogP contribution in [0.25, 0.3) is 6.08 Å². The lowest BCUT2D eigenvalue weighted by Crippen LogP contribution is -2.27. The lowest BCUT2D eigenvalue weighted by atomic mass is 10.1. The molecule has 1 aromatic rings. The van der Waals surface area contributed by atoms with Crippen LogP contribution in [0.3, 0.4) is 0 Å². The predicted molar refractivity (Wildman–Crippen MR) is 78.8 cm³/mol. The summed E-state index contributed by atoms with van der Waals surface area (Å²) < 4.78 is 11.1. The molecule has 19 heavy (non-hydrogen) atoms. The monoisotopic (exact) mass is 261 g/mol. The number of nitrogens with one attached hydrogen (secondary N) is 1. The molecule has 0 saturated carbocycles. The molecule has 0 amide bonds. The maximum atomic E-state index is 5.60. The Morgan fingerprint density at radius 1 is 1.32 bits per heavy atom. The highest BCUT2D eigenvalue weighted by Gasteiger charge is 2.11. The second-order valence-corrected chi connectivity index (χ2v) is 4.97. The third-order valence-corrected chi connectivity index (χ3v) is 3.34. The van der Waals surface area contributed by atoms with Crippen LogP contribution in [0.4, 0.5) is 0 Å². The van der Waals surface area contributed by atoms with Crippen molar-refractivity contribution in [3.63, 3.8) is 0 Å². The van der Waals surface area contributed by atoms with Crippen LogP contribution in [0.2, 0.25) is 0 Å². The van der Waals surface area contributed by atoms with Gasteiger partial charge in [0.05, 0.1) is 0 Å². The summed E-state index contributed by atoms with van der Waals surface area (Å²) in [5.41, 5.74) is 2.48. The van der Waals surface area contributed by atoms with Gasteiger partial charge in [-0.2, -0.15) is 0 Å². The van der Waals surface area contributed by atoms with Crippen molar-refractivity contribution in [3.8, 4) is 11.5 Å². The molecule has 1 N–H and O–H groups in total. The summed E-state index contributed by atoms with van der Waals surface area (Å²) in [5.74, 6) is 1.69. The molecule has 1 heterocycles. The topological polar surface area (TPSA) is 30.5 Å². The summed E-state index contributed by atoms with van der Waals surface area (Å²) in [6, 6.07) is 6.50. The Hall–Kier alpha value is -1.48. The molecular weight excluding hydrogens is 238 g/mol. The Morgan fingerprint density at radius 2 is 2.05 bits per heavy atom. The van der Waals surface area contributed by atoms with Gasteiger partial charge in [0.15, 0.2) is 11.5 Å². The minimum absolute atomic E-state index is 0.396. The number of rotatable bonds is 5. The SMILES string of the molecule is CCCNC(C)/C(C)=C/c1ccc2c(c1)OCCO2. The van der Waals surface area contributed by atoms with Crippen LogP contribution in [-0.2, 0) is 0 Å². The minimum Gasteiger partial charge on any atom is -0.486 e. The minimum atomic E-state index is 0.396. The second kappa shape index (κ2) is 6.62. The molecule has 2 rings (SSSR count). The molecule has 0 saturated heterocycles. The van der Waals surface area contributed by atoms with Gasteiger partial charge >= 0.3 is 0 Å². The van der Waals surface area contributed by atoms with Crippen molar-refractivity contribution in [3.05, 3.63) is 29.3 Å². The van der Waals surface area contributed by atoms with Gasteiger partial charge in [0, 0.05) is 6.04 Å². The smallest absolute Gasteiger partial charge is 0.161 e. The molecule has 1 aliphatic heterocycles. The summed E-state index contributed by atoms with van der Waals surface area (Å²) in [4.78, 5) is 0. The van der Waals surface area contributed by atoms with Gasteiger partial charge in [-0.3, -0.25) is 0 Å². The van der Waals surface area contributed by atoms with E-state index in [2.05, 4.69) is 38.2 Å². The van der Waals surface area contributed by atoms with E-state index in [9.17, 15) is 0 Å². The highest BCUT2D eigenvalue weighted by Crippen LogP contribution is 2.31. The quantitative estimate of drug-likeness (QED) is 0.882. The predicted octanol–water partition coefficient (Wildman–Crippen LogP) is 3.25. The fourth-order valence-electron chi connectivity index (χ4n) is 2.06. The van der Waals surface area contributed by atoms with Crippen LogP contribution in [0.1, 0.15) is 32.8 Å². The average molecular weight is 261 g/mol. The van der Waals surface area contributed by atoms with Crippen molar-refractivity contribution in [1.82, 2.24) is 5.32 Å². The molecule has 3 heteroatoms. The molecular formula is C16H23NO2. The summed E-state index contributed by atoms with van der Waals surface area (Å²) in [5, 5.41) is 3.49. The first-order valence-corrected chi connectivity index (χ1v) is 7.02. The van der Waals surface area contributed by atoms with Gasteiger partial charge in [-0.05, 0) is 44.5 Å². The van der Waals surface area contributed by atoms with Crippen molar-refractivity contribution < 1.29 is 9.47 Å². The second-order valence-electron chi connectivity index (χ2n) is 4.97. The third kappa shape index (κ3) is 3.74. The Bertz CT molecular complexity index is 454. The highest BCUT2D eigenvalue weighted by atomic mass is 16.6. The number of hydrogen-bond acceptors (Lipinski definition) is 3. The number of benzene rings is 1. The Kier molecular flexibility index (Phi) is 4.86. The van der Waals surface area contributed by atoms with Gasteiger partial charge in [0.25, 0.3) is 0 Å². The van der Waals surface area contributed by atoms with Crippen molar-refractivity contribution in [2.45, 2.75) is 33.2 Å². The van der Waals surface area contributed by atoms with E-state index in [1.165, 1.54) is 5.57 Å². The van der Waals surface area contributed by atoms with E-state index in [0.29, 0.717) is 19.3 Å². The summed E-state index contributed by atoms with van der Waals surface area (Å²) in [6.45, 7) is 8.85. The standard InChI is InChI=1S/C16H23NO2/c1-4-7-17-13(3)12(2)10-14-5-6-15-16(11-14)19-9-8-18-15/h5-6,10-11,13,17H,4,7-9H2,1-3H3/b12-10+. The van der Waals surface area contributed by atoms with E-state index in [4.69, 9.17) is 9.47 Å². The fraction of sp³-hybridized carbons (Fsp3) is 0.500. The lowest BCUT2D eigenvalue weighted by molar-refractivity contribution is 0.171. The van der Waals surface area contributed by atoms with Crippen LogP contribution in [-0.4, -0.2) is 25.8 Å². The van der Waals surface area contributed by atoms with Crippen molar-refractivity contribution in [2.24, 2.45) is 0 Å². The average Bonchev–Trinajstić information content (AvgIpc) is 2.44. The molecule has 0 bridgehead atoms. The molecule has 0 spiro atoms. The van der Waals surface area contributed by atoms with Gasteiger partial charge in [0.1, 0.15) is 13.2 Å². The van der Waals surface area contributed by atoms with Gasteiger partial charge in [-0.25, -0.2) is 0 Å². The van der Waals surface area contributed by atoms with Crippen LogP contribution in [0, 0.1) is 0 Å². The normalized spacial score (nSPS) is 16.3. The highest BCUT2D eigenvalue weighted by molar-refractivity contribution is 5.58. The number of hydrogen-bond donors (Lipinski definition) is 1. The molecule has 0 aromatic heterocycles. The molecule has 0 aliphatic carbocycles. The van der Waals surface area contributed by atoms with E-state index >= 15 is 0 Å². The first kappa shape index (κ1) is 13.9. The van der Waals surface area contributed by atoms with Crippen molar-refractivity contribution in [2.75, 3.05) is 19.8 Å². The van der Waals surface area contributed by atoms with Crippen LogP contribution < -0.4 is 14.8 Å². The van der Waals surface area contributed by atoms with E-state index < -0.39 is 0 Å². The zero-order chi connectivity index (χ0) is 13.7. The molecule has 3 nitrogen and oxygen atoms in total. The number of ether oxygens (including phenoxy) is 2. The van der Waals surface area contributed by atoms with Crippen LogP contribution >= 0.6 is 0 Å². The lowest BCUT2D eigenvalue weighted by Gasteiger charge is -2.19. The van der Waals surface area contributed by atoms with Crippen LogP contribution in [0.5, 0.6) is 11.5 Å². The summed E-state index contributed by atoms with van der Waals surface area (Å²) in [6.07, 6.45) is 3.35. The molecule has 1 aromatic carbocycles. The number of fused-ring (bicyclic) bond motifs is 1. The van der Waals surface area contributed by atoms with Gasteiger partial charge in [0.2, 0.25) is 0 Å². The summed E-state index contributed by atoms with van der Waals surface area (Å²) >= 11 is 0. The molecule has 0 radical (unpaired) electrons. The largest absolute Gasteiger partial charge is 0.486 e. The van der Waals surface area contributed by atoms with E-state index in [-0.39, 0.29) is 0 Å². The van der Waals surface area contributed by atoms with Gasteiger partial charge < -0.3 is 14.8 Å². The zero-order valence-electron chi connectivity index (χ0n) is 12.0. The van der Waals surface area contributed by atoms with Crippen LogP contribution in [0.15, 0.2) is 23.8 Å². The Balaban J connectivity index is 2.09. The molecule has 1 unspecified atom stereocenters. The van der Waals surface area contributed by atoms with Crippen molar-refractivity contribution in [1.29, 1.82) is 0 Å².